The largest absolute Gasteiger partial charge is 0.466 e. The fourth-order valence-electron chi connectivity index (χ4n) is 0.308. The predicted octanol–water partition coefficient (Wildman–Crippen LogP) is 1.37. The van der Waals surface area contributed by atoms with Crippen molar-refractivity contribution < 1.29 is 18.3 Å². The number of hydrogen-bond acceptors (Lipinski definition) is 2. The molecule has 0 spiro atoms. The van der Waals surface area contributed by atoms with E-state index >= 15 is 0 Å². The molecule has 0 amide bonds. The van der Waals surface area contributed by atoms with Gasteiger partial charge in [-0.1, -0.05) is 0 Å². The molecule has 0 aromatic heterocycles. The van der Waals surface area contributed by atoms with Crippen LogP contribution in [0.3, 0.4) is 0 Å². The Labute approximate surface area is 57.5 Å². The molecule has 0 heterocycles. The summed E-state index contributed by atoms with van der Waals surface area (Å²) in [6, 6.07) is 0. The zero-order chi connectivity index (χ0) is 8.15. The number of alkyl halides is 2. The van der Waals surface area contributed by atoms with E-state index in [1.54, 1.807) is 0 Å². The van der Waals surface area contributed by atoms with Gasteiger partial charge < -0.3 is 4.74 Å². The number of hydrogen-bond donors (Lipinski definition) is 0. The quantitative estimate of drug-likeness (QED) is 0.439. The van der Waals surface area contributed by atoms with Crippen LogP contribution in [-0.2, 0) is 9.53 Å². The monoisotopic (exact) mass is 150 g/mol. The van der Waals surface area contributed by atoms with Gasteiger partial charge in [-0.15, -0.1) is 0 Å². The summed E-state index contributed by atoms with van der Waals surface area (Å²) in [4.78, 5) is 10.3. The van der Waals surface area contributed by atoms with Crippen molar-refractivity contribution in [1.29, 1.82) is 0 Å². The maximum Gasteiger partial charge on any atom is 0.330 e. The van der Waals surface area contributed by atoms with Gasteiger partial charge in [0.2, 0.25) is 0 Å². The molecule has 0 aliphatic rings. The smallest absolute Gasteiger partial charge is 0.330 e. The highest BCUT2D eigenvalue weighted by atomic mass is 19.3. The molecule has 0 unspecified atom stereocenters. The molecule has 4 heteroatoms. The average molecular weight is 150 g/mol. The molecular weight excluding hydrogens is 142 g/mol. The lowest BCUT2D eigenvalue weighted by Gasteiger charge is -1.96. The number of carbonyl (C=O) groups is 1. The van der Waals surface area contributed by atoms with E-state index in [4.69, 9.17) is 0 Å². The van der Waals surface area contributed by atoms with E-state index in [0.29, 0.717) is 0 Å². The highest BCUT2D eigenvalue weighted by molar-refractivity contribution is 5.82. The topological polar surface area (TPSA) is 26.3 Å². The van der Waals surface area contributed by atoms with Crippen LogP contribution in [0.15, 0.2) is 11.6 Å². The Morgan fingerprint density at radius 2 is 2.10 bits per heavy atom. The number of carbonyl (C=O) groups excluding carboxylic acids is 1. The Bertz CT molecular complexity index is 152. The normalized spacial score (nSPS) is 11.9. The van der Waals surface area contributed by atoms with Crippen molar-refractivity contribution in [2.24, 2.45) is 0 Å². The number of esters is 1. The van der Waals surface area contributed by atoms with Gasteiger partial charge in [0.15, 0.2) is 0 Å². The van der Waals surface area contributed by atoms with Crippen molar-refractivity contribution in [3.63, 3.8) is 0 Å². The van der Waals surface area contributed by atoms with Crippen LogP contribution < -0.4 is 0 Å². The van der Waals surface area contributed by atoms with Gasteiger partial charge in [0.25, 0.3) is 6.43 Å². The van der Waals surface area contributed by atoms with Crippen LogP contribution in [0, 0.1) is 0 Å². The molecule has 0 bridgehead atoms. The molecular formula is C6H8F2O2. The van der Waals surface area contributed by atoms with Gasteiger partial charge in [0.05, 0.1) is 7.11 Å². The summed E-state index contributed by atoms with van der Waals surface area (Å²) in [5.74, 6) is -0.752. The molecule has 0 N–H and O–H groups in total. The number of allylic oxidation sites excluding steroid dienone is 1. The van der Waals surface area contributed by atoms with E-state index in [1.807, 2.05) is 0 Å². The Morgan fingerprint density at radius 3 is 2.40 bits per heavy atom. The molecule has 0 saturated carbocycles. The minimum absolute atomic E-state index is 0.285. The van der Waals surface area contributed by atoms with Gasteiger partial charge >= 0.3 is 5.97 Å². The third kappa shape index (κ3) is 3.17. The van der Waals surface area contributed by atoms with Gasteiger partial charge in [-0.25, -0.2) is 13.6 Å². The van der Waals surface area contributed by atoms with E-state index in [9.17, 15) is 13.6 Å². The average Bonchev–Trinajstić information content (AvgIpc) is 1.87. The first-order chi connectivity index (χ1) is 4.57. The van der Waals surface area contributed by atoms with Crippen LogP contribution >= 0.6 is 0 Å². The second-order valence-electron chi connectivity index (χ2n) is 1.71. The maximum atomic E-state index is 11.6. The molecule has 0 fully saturated rings. The van der Waals surface area contributed by atoms with E-state index in [-0.39, 0.29) is 5.57 Å². The van der Waals surface area contributed by atoms with Crippen LogP contribution in [0.4, 0.5) is 8.78 Å². The molecule has 0 radical (unpaired) electrons. The van der Waals surface area contributed by atoms with Crippen molar-refractivity contribution in [2.45, 2.75) is 13.3 Å². The number of rotatable bonds is 2. The van der Waals surface area contributed by atoms with E-state index in [0.717, 1.165) is 13.2 Å². The summed E-state index contributed by atoms with van der Waals surface area (Å²) < 4.78 is 27.4. The second kappa shape index (κ2) is 3.98. The summed E-state index contributed by atoms with van der Waals surface area (Å²) in [6.45, 7) is 1.17. The molecule has 0 atom stereocenters. The molecule has 0 aromatic rings. The predicted molar refractivity (Wildman–Crippen MR) is 31.8 cm³/mol. The fourth-order valence-corrected chi connectivity index (χ4v) is 0.308. The van der Waals surface area contributed by atoms with Crippen molar-refractivity contribution in [1.82, 2.24) is 0 Å². The Morgan fingerprint density at radius 1 is 1.60 bits per heavy atom. The Kier molecular flexibility index (Phi) is 3.61. The highest BCUT2D eigenvalue weighted by Gasteiger charge is 2.06. The summed E-state index contributed by atoms with van der Waals surface area (Å²) in [5, 5.41) is 0. The molecule has 2 nitrogen and oxygen atoms in total. The lowest BCUT2D eigenvalue weighted by atomic mass is 10.3. The van der Waals surface area contributed by atoms with Crippen molar-refractivity contribution in [3.8, 4) is 0 Å². The number of halogens is 2. The van der Waals surface area contributed by atoms with Crippen molar-refractivity contribution >= 4 is 5.97 Å². The van der Waals surface area contributed by atoms with Crippen molar-refractivity contribution in [2.75, 3.05) is 7.11 Å². The van der Waals surface area contributed by atoms with Crippen LogP contribution in [0.1, 0.15) is 6.92 Å². The number of ether oxygens (including phenoxy) is 1. The molecule has 58 valence electrons. The minimum atomic E-state index is -2.58. The first-order valence-corrected chi connectivity index (χ1v) is 2.62. The highest BCUT2D eigenvalue weighted by Crippen LogP contribution is 2.06. The summed E-state index contributed by atoms with van der Waals surface area (Å²) in [7, 11) is 1.14. The van der Waals surface area contributed by atoms with Crippen LogP contribution in [-0.4, -0.2) is 19.5 Å². The Hall–Kier alpha value is -0.930. The fraction of sp³-hybridized carbons (Fsp3) is 0.500. The summed E-state index contributed by atoms with van der Waals surface area (Å²) in [5.41, 5.74) is -0.285. The first-order valence-electron chi connectivity index (χ1n) is 2.62. The van der Waals surface area contributed by atoms with E-state index < -0.39 is 12.4 Å². The molecule has 10 heavy (non-hydrogen) atoms. The third-order valence-electron chi connectivity index (χ3n) is 0.891. The molecule has 0 saturated heterocycles. The van der Waals surface area contributed by atoms with Gasteiger partial charge in [-0.3, -0.25) is 0 Å². The zero-order valence-corrected chi connectivity index (χ0v) is 5.73. The second-order valence-corrected chi connectivity index (χ2v) is 1.71. The lowest BCUT2D eigenvalue weighted by molar-refractivity contribution is -0.135. The summed E-state index contributed by atoms with van der Waals surface area (Å²) >= 11 is 0. The van der Waals surface area contributed by atoms with Gasteiger partial charge in [-0.2, -0.15) is 0 Å². The van der Waals surface area contributed by atoms with Crippen LogP contribution in [0.2, 0.25) is 0 Å². The zero-order valence-electron chi connectivity index (χ0n) is 5.73. The van der Waals surface area contributed by atoms with Gasteiger partial charge in [0.1, 0.15) is 0 Å². The maximum absolute atomic E-state index is 11.6. The third-order valence-corrected chi connectivity index (χ3v) is 0.891. The Balaban J connectivity index is 4.03. The van der Waals surface area contributed by atoms with Gasteiger partial charge in [-0.05, 0) is 12.5 Å². The molecule has 0 rings (SSSR count). The minimum Gasteiger partial charge on any atom is -0.466 e. The molecule has 0 aromatic carbocycles. The summed E-state index contributed by atoms with van der Waals surface area (Å²) in [6.07, 6.45) is -1.82. The lowest BCUT2D eigenvalue weighted by Crippen LogP contribution is -2.00. The van der Waals surface area contributed by atoms with Crippen LogP contribution in [0.25, 0.3) is 0 Å². The van der Waals surface area contributed by atoms with E-state index in [2.05, 4.69) is 4.74 Å². The van der Waals surface area contributed by atoms with Crippen LogP contribution in [0.5, 0.6) is 0 Å². The molecule has 0 aliphatic carbocycles. The SMILES string of the molecule is COC(=O)/C=C(/C)C(F)F. The number of methoxy groups -OCH3 is 1. The molecule has 0 aliphatic heterocycles. The van der Waals surface area contributed by atoms with E-state index in [1.165, 1.54) is 6.92 Å². The first kappa shape index (κ1) is 9.07. The standard InChI is InChI=1S/C6H8F2O2/c1-4(6(7)8)3-5(9)10-2/h3,6H,1-2H3/b4-3-. The van der Waals surface area contributed by atoms with Crippen molar-refractivity contribution in [3.05, 3.63) is 11.6 Å². The van der Waals surface area contributed by atoms with Gasteiger partial charge in [0, 0.05) is 6.08 Å².